The number of carboxylic acid groups (broad SMARTS) is 1. The molecule has 0 saturated heterocycles. The summed E-state index contributed by atoms with van der Waals surface area (Å²) in [6.45, 7) is 4.83. The van der Waals surface area contributed by atoms with E-state index in [0.717, 1.165) is 32.1 Å². The molecule has 2 bridgehead atoms. The van der Waals surface area contributed by atoms with Crippen molar-refractivity contribution in [1.29, 1.82) is 0 Å². The van der Waals surface area contributed by atoms with Gasteiger partial charge in [-0.15, -0.1) is 0 Å². The van der Waals surface area contributed by atoms with Crippen LogP contribution in [-0.2, 0) is 15.0 Å². The Balaban J connectivity index is 2.13. The number of carbonyl (C=O) groups is 1. The third-order valence-corrected chi connectivity index (χ3v) is 6.39. The number of nitrogens with zero attached hydrogens (tertiary/aromatic N) is 1. The van der Waals surface area contributed by atoms with Crippen LogP contribution in [0.25, 0.3) is 0 Å². The van der Waals surface area contributed by atoms with Crippen LogP contribution in [0.3, 0.4) is 0 Å². The van der Waals surface area contributed by atoms with E-state index in [0.29, 0.717) is 13.1 Å². The summed E-state index contributed by atoms with van der Waals surface area (Å²) in [6, 6.07) is -0.442. The second kappa shape index (κ2) is 6.62. The van der Waals surface area contributed by atoms with Crippen LogP contribution in [0.2, 0.25) is 0 Å². The molecule has 0 aromatic rings. The average molecular weight is 318 g/mol. The van der Waals surface area contributed by atoms with E-state index in [4.69, 9.17) is 0 Å². The van der Waals surface area contributed by atoms with E-state index >= 15 is 0 Å². The highest BCUT2D eigenvalue weighted by Gasteiger charge is 2.52. The average Bonchev–Trinajstić information content (AvgIpc) is 2.98. The fourth-order valence-corrected chi connectivity index (χ4v) is 5.59. The first kappa shape index (κ1) is 16.7. The maximum Gasteiger partial charge on any atom is 0.308 e. The van der Waals surface area contributed by atoms with E-state index < -0.39 is 28.1 Å². The van der Waals surface area contributed by atoms with Gasteiger partial charge in [-0.2, -0.15) is 17.4 Å². The third kappa shape index (κ3) is 3.40. The molecule has 122 valence electrons. The van der Waals surface area contributed by atoms with Gasteiger partial charge >= 0.3 is 5.97 Å². The van der Waals surface area contributed by atoms with Crippen LogP contribution in [-0.4, -0.2) is 42.9 Å². The maximum atomic E-state index is 12.5. The van der Waals surface area contributed by atoms with E-state index in [1.807, 2.05) is 13.8 Å². The summed E-state index contributed by atoms with van der Waals surface area (Å²) in [5, 5.41) is 9.40. The van der Waals surface area contributed by atoms with Crippen molar-refractivity contribution in [3.8, 4) is 0 Å². The number of rotatable bonds is 8. The first-order valence-electron chi connectivity index (χ1n) is 7.90. The maximum absolute atomic E-state index is 12.5. The van der Waals surface area contributed by atoms with Crippen molar-refractivity contribution >= 4 is 16.2 Å². The zero-order valence-electron chi connectivity index (χ0n) is 12.8. The molecule has 6 nitrogen and oxygen atoms in total. The summed E-state index contributed by atoms with van der Waals surface area (Å²) in [5.41, 5.74) is 0. The number of hydrogen-bond donors (Lipinski definition) is 2. The molecule has 2 N–H and O–H groups in total. The van der Waals surface area contributed by atoms with Crippen LogP contribution in [0, 0.1) is 17.8 Å². The van der Waals surface area contributed by atoms with E-state index in [2.05, 4.69) is 4.72 Å². The third-order valence-electron chi connectivity index (χ3n) is 4.77. The van der Waals surface area contributed by atoms with Crippen molar-refractivity contribution in [3.63, 3.8) is 0 Å². The number of hydrogen-bond acceptors (Lipinski definition) is 3. The monoisotopic (exact) mass is 318 g/mol. The van der Waals surface area contributed by atoms with Crippen molar-refractivity contribution < 1.29 is 18.3 Å². The largest absolute Gasteiger partial charge is 0.481 e. The highest BCUT2D eigenvalue weighted by Crippen LogP contribution is 2.48. The lowest BCUT2D eigenvalue weighted by atomic mass is 9.85. The summed E-state index contributed by atoms with van der Waals surface area (Å²) < 4.78 is 29.2. The van der Waals surface area contributed by atoms with Gasteiger partial charge in [0, 0.05) is 19.1 Å². The Kier molecular flexibility index (Phi) is 5.27. The van der Waals surface area contributed by atoms with E-state index in [1.165, 1.54) is 4.31 Å². The number of carboxylic acids is 1. The molecular weight excluding hydrogens is 292 g/mol. The standard InChI is InChI=1S/C14H26N2O4S/c1-3-7-16(8-4-2)21(19,20)15-13-11-6-5-10(9-11)12(13)14(17)18/h10-13,15H,3-9H2,1-2H3,(H,17,18). The Labute approximate surface area is 127 Å². The van der Waals surface area contributed by atoms with E-state index in [9.17, 15) is 18.3 Å². The molecule has 0 aliphatic heterocycles. The van der Waals surface area contributed by atoms with Gasteiger partial charge in [-0.05, 0) is 43.9 Å². The van der Waals surface area contributed by atoms with Crippen LogP contribution >= 0.6 is 0 Å². The highest BCUT2D eigenvalue weighted by molar-refractivity contribution is 7.87. The molecule has 2 saturated carbocycles. The van der Waals surface area contributed by atoms with Crippen molar-refractivity contribution in [3.05, 3.63) is 0 Å². The molecule has 4 unspecified atom stereocenters. The zero-order chi connectivity index (χ0) is 15.6. The van der Waals surface area contributed by atoms with Crippen LogP contribution in [0.15, 0.2) is 0 Å². The lowest BCUT2D eigenvalue weighted by Gasteiger charge is -2.31. The van der Waals surface area contributed by atoms with Crippen molar-refractivity contribution in [2.75, 3.05) is 13.1 Å². The topological polar surface area (TPSA) is 86.7 Å². The number of nitrogens with one attached hydrogen (secondary N) is 1. The first-order valence-corrected chi connectivity index (χ1v) is 9.34. The fourth-order valence-electron chi connectivity index (χ4n) is 3.91. The number of aliphatic carboxylic acids is 1. The fraction of sp³-hybridized carbons (Fsp3) is 0.929. The molecule has 21 heavy (non-hydrogen) atoms. The van der Waals surface area contributed by atoms with Gasteiger partial charge in [-0.3, -0.25) is 4.79 Å². The smallest absolute Gasteiger partial charge is 0.308 e. The molecule has 0 amide bonds. The Morgan fingerprint density at radius 2 is 1.76 bits per heavy atom. The lowest BCUT2D eigenvalue weighted by Crippen LogP contribution is -2.52. The summed E-state index contributed by atoms with van der Waals surface area (Å²) in [6.07, 6.45) is 4.18. The second-order valence-corrected chi connectivity index (χ2v) is 7.95. The molecule has 2 aliphatic carbocycles. The van der Waals surface area contributed by atoms with Crippen LogP contribution < -0.4 is 4.72 Å². The summed E-state index contributed by atoms with van der Waals surface area (Å²) in [5.74, 6) is -1.13. The molecule has 2 rings (SSSR count). The molecule has 0 aromatic carbocycles. The SMILES string of the molecule is CCCN(CCC)S(=O)(=O)NC1C2CCC(C2)C1C(=O)O. The van der Waals surface area contributed by atoms with Gasteiger partial charge in [0.1, 0.15) is 0 Å². The molecule has 2 aliphatic rings. The van der Waals surface area contributed by atoms with Crippen LogP contribution in [0.1, 0.15) is 46.0 Å². The van der Waals surface area contributed by atoms with E-state index in [-0.39, 0.29) is 11.8 Å². The molecule has 0 radical (unpaired) electrons. The first-order chi connectivity index (χ1) is 9.90. The minimum absolute atomic E-state index is 0.131. The molecule has 4 atom stereocenters. The van der Waals surface area contributed by atoms with Gasteiger partial charge in [-0.25, -0.2) is 0 Å². The van der Waals surface area contributed by atoms with E-state index in [1.54, 1.807) is 0 Å². The molecule has 0 heterocycles. The van der Waals surface area contributed by atoms with Gasteiger partial charge in [0.15, 0.2) is 0 Å². The van der Waals surface area contributed by atoms with Crippen molar-refractivity contribution in [1.82, 2.24) is 9.03 Å². The predicted molar refractivity (Wildman–Crippen MR) is 80.0 cm³/mol. The van der Waals surface area contributed by atoms with Gasteiger partial charge in [0.2, 0.25) is 0 Å². The molecule has 0 aromatic heterocycles. The molecular formula is C14H26N2O4S. The van der Waals surface area contributed by atoms with Crippen molar-refractivity contribution in [2.24, 2.45) is 17.8 Å². The Morgan fingerprint density at radius 3 is 2.29 bits per heavy atom. The normalized spacial score (nSPS) is 32.0. The quantitative estimate of drug-likeness (QED) is 0.709. The van der Waals surface area contributed by atoms with Gasteiger partial charge in [0.05, 0.1) is 5.92 Å². The Bertz CT molecular complexity index is 473. The molecule has 7 heteroatoms. The van der Waals surface area contributed by atoms with Crippen LogP contribution in [0.5, 0.6) is 0 Å². The highest BCUT2D eigenvalue weighted by atomic mass is 32.2. The minimum Gasteiger partial charge on any atom is -0.481 e. The lowest BCUT2D eigenvalue weighted by molar-refractivity contribution is -0.144. The summed E-state index contributed by atoms with van der Waals surface area (Å²) in [7, 11) is -3.60. The van der Waals surface area contributed by atoms with Crippen LogP contribution in [0.4, 0.5) is 0 Å². The van der Waals surface area contributed by atoms with Gasteiger partial charge < -0.3 is 5.11 Å². The second-order valence-electron chi connectivity index (χ2n) is 6.24. The zero-order valence-corrected chi connectivity index (χ0v) is 13.6. The number of fused-ring (bicyclic) bond motifs is 2. The minimum atomic E-state index is -3.60. The van der Waals surface area contributed by atoms with Gasteiger partial charge in [-0.1, -0.05) is 13.8 Å². The Morgan fingerprint density at radius 1 is 1.19 bits per heavy atom. The molecule has 0 spiro atoms. The summed E-state index contributed by atoms with van der Waals surface area (Å²) >= 11 is 0. The predicted octanol–water partition coefficient (Wildman–Crippen LogP) is 1.44. The van der Waals surface area contributed by atoms with Crippen molar-refractivity contribution in [2.45, 2.75) is 52.0 Å². The summed E-state index contributed by atoms with van der Waals surface area (Å²) in [4.78, 5) is 11.5. The van der Waals surface area contributed by atoms with Gasteiger partial charge in [0.25, 0.3) is 10.2 Å². The molecule has 2 fully saturated rings. The Hall–Kier alpha value is -0.660.